The van der Waals surface area contributed by atoms with Crippen LogP contribution in [0.15, 0.2) is 40.9 Å². The lowest BCUT2D eigenvalue weighted by Crippen LogP contribution is -2.44. The maximum atomic E-state index is 13.2. The summed E-state index contributed by atoms with van der Waals surface area (Å²) in [6.45, 7) is 3.65. The summed E-state index contributed by atoms with van der Waals surface area (Å²) >= 11 is 0. The topological polar surface area (TPSA) is 149 Å². The van der Waals surface area contributed by atoms with Crippen LogP contribution in [0.3, 0.4) is 0 Å². The molecule has 2 amide bonds. The van der Waals surface area contributed by atoms with Gasteiger partial charge in [-0.1, -0.05) is 26.0 Å². The van der Waals surface area contributed by atoms with Gasteiger partial charge in [-0.2, -0.15) is 5.10 Å². The minimum atomic E-state index is -0.821. The largest absolute Gasteiger partial charge is 0.467 e. The van der Waals surface area contributed by atoms with Gasteiger partial charge in [-0.15, -0.1) is 0 Å². The van der Waals surface area contributed by atoms with Crippen LogP contribution < -0.4 is 10.6 Å². The molecule has 0 bridgehead atoms. The maximum absolute atomic E-state index is 13.2. The molecule has 40 heavy (non-hydrogen) atoms. The smallest absolute Gasteiger partial charge is 0.328 e. The number of aliphatic hydroxyl groups excluding tert-OH is 1. The highest BCUT2D eigenvalue weighted by Gasteiger charge is 2.42. The standard InChI is InChI=1S/C29H35N5O6/c1-16(2)24(29(38)39-3)31-27(37)23-15-30-28(40-23)20-6-4-5-19(13-20)21-14-22(34(33-21)11-12-35)26(36)32-25(17-7-8-17)18-9-10-18/h4-6,13-18,24-25,35H,7-12H2,1-3H3,(H,31,37)(H,32,36)/t24-/m0/s1. The summed E-state index contributed by atoms with van der Waals surface area (Å²) in [5.74, 6) is -0.174. The van der Waals surface area contributed by atoms with E-state index in [1.165, 1.54) is 18.0 Å². The van der Waals surface area contributed by atoms with Gasteiger partial charge in [0.05, 0.1) is 32.2 Å². The molecule has 3 aromatic rings. The highest BCUT2D eigenvalue weighted by Crippen LogP contribution is 2.44. The fourth-order valence-electron chi connectivity index (χ4n) is 4.92. The second-order valence-electron chi connectivity index (χ2n) is 10.9. The number of nitrogens with one attached hydrogen (secondary N) is 2. The van der Waals surface area contributed by atoms with E-state index >= 15 is 0 Å². The van der Waals surface area contributed by atoms with Gasteiger partial charge in [0, 0.05) is 17.2 Å². The van der Waals surface area contributed by atoms with E-state index in [1.54, 1.807) is 26.0 Å². The molecular formula is C29H35N5O6. The Balaban J connectivity index is 1.34. The molecule has 3 N–H and O–H groups in total. The molecule has 2 heterocycles. The number of benzene rings is 1. The van der Waals surface area contributed by atoms with E-state index in [2.05, 4.69) is 20.7 Å². The molecule has 2 saturated carbocycles. The number of amides is 2. The number of aromatic nitrogens is 3. The normalized spacial score (nSPS) is 15.8. The van der Waals surface area contributed by atoms with Gasteiger partial charge in [0.1, 0.15) is 11.7 Å². The van der Waals surface area contributed by atoms with E-state index in [9.17, 15) is 19.5 Å². The van der Waals surface area contributed by atoms with Crippen LogP contribution in [0.2, 0.25) is 0 Å². The van der Waals surface area contributed by atoms with Crippen molar-refractivity contribution < 1.29 is 28.6 Å². The molecule has 0 radical (unpaired) electrons. The van der Waals surface area contributed by atoms with Crippen LogP contribution >= 0.6 is 0 Å². The number of hydrogen-bond acceptors (Lipinski definition) is 8. The van der Waals surface area contributed by atoms with E-state index < -0.39 is 17.9 Å². The quantitative estimate of drug-likeness (QED) is 0.292. The van der Waals surface area contributed by atoms with E-state index in [-0.39, 0.29) is 42.7 Å². The Morgan fingerprint density at radius 1 is 1.07 bits per heavy atom. The van der Waals surface area contributed by atoms with E-state index in [1.807, 2.05) is 18.2 Å². The molecule has 0 aliphatic heterocycles. The predicted molar refractivity (Wildman–Crippen MR) is 145 cm³/mol. The van der Waals surface area contributed by atoms with E-state index in [0.29, 0.717) is 28.8 Å². The highest BCUT2D eigenvalue weighted by atomic mass is 16.5. The number of carbonyl (C=O) groups is 3. The van der Waals surface area contributed by atoms with Crippen molar-refractivity contribution in [3.05, 3.63) is 48.0 Å². The summed E-state index contributed by atoms with van der Waals surface area (Å²) in [7, 11) is 1.27. The Morgan fingerprint density at radius 2 is 1.77 bits per heavy atom. The van der Waals surface area contributed by atoms with Crippen LogP contribution in [0, 0.1) is 17.8 Å². The van der Waals surface area contributed by atoms with Crippen molar-refractivity contribution in [2.24, 2.45) is 17.8 Å². The van der Waals surface area contributed by atoms with Gasteiger partial charge in [-0.05, 0) is 61.6 Å². The van der Waals surface area contributed by atoms with Gasteiger partial charge in [-0.25, -0.2) is 9.78 Å². The predicted octanol–water partition coefficient (Wildman–Crippen LogP) is 3.04. The zero-order valence-corrected chi connectivity index (χ0v) is 22.9. The monoisotopic (exact) mass is 549 g/mol. The first kappa shape index (κ1) is 27.6. The third-order valence-electron chi connectivity index (χ3n) is 7.43. The molecule has 0 spiro atoms. The lowest BCUT2D eigenvalue weighted by molar-refractivity contribution is -0.144. The summed E-state index contributed by atoms with van der Waals surface area (Å²) in [6.07, 6.45) is 5.93. The molecule has 212 valence electrons. The first-order valence-electron chi connectivity index (χ1n) is 13.7. The molecule has 2 aliphatic rings. The molecule has 2 aromatic heterocycles. The third kappa shape index (κ3) is 6.09. The first-order valence-corrected chi connectivity index (χ1v) is 13.7. The van der Waals surface area contributed by atoms with Crippen molar-refractivity contribution in [1.29, 1.82) is 0 Å². The molecule has 1 aromatic carbocycles. The Labute approximate surface area is 232 Å². The lowest BCUT2D eigenvalue weighted by Gasteiger charge is -2.18. The number of aliphatic hydroxyl groups is 1. The number of esters is 1. The zero-order valence-electron chi connectivity index (χ0n) is 22.9. The molecule has 2 fully saturated rings. The van der Waals surface area contributed by atoms with Gasteiger partial charge >= 0.3 is 5.97 Å². The number of hydrogen-bond donors (Lipinski definition) is 3. The fraction of sp³-hybridized carbons (Fsp3) is 0.483. The molecule has 11 heteroatoms. The second kappa shape index (κ2) is 11.6. The number of oxazole rings is 1. The van der Waals surface area contributed by atoms with Crippen molar-refractivity contribution >= 4 is 17.8 Å². The molecule has 0 unspecified atom stereocenters. The van der Waals surface area contributed by atoms with Gasteiger partial charge < -0.3 is 24.9 Å². The summed E-state index contributed by atoms with van der Waals surface area (Å²) < 4.78 is 12.0. The average Bonchev–Trinajstić information content (AvgIpc) is 3.88. The summed E-state index contributed by atoms with van der Waals surface area (Å²) in [6, 6.07) is 8.37. The van der Waals surface area contributed by atoms with Crippen molar-refractivity contribution in [3.63, 3.8) is 0 Å². The SMILES string of the molecule is COC(=O)[C@@H](NC(=O)c1cnc(-c2cccc(-c3cc(C(=O)NC(C4CC4)C4CC4)n(CCO)n3)c2)o1)C(C)C. The van der Waals surface area contributed by atoms with E-state index in [4.69, 9.17) is 9.15 Å². The fourth-order valence-corrected chi connectivity index (χ4v) is 4.92. The van der Waals surface area contributed by atoms with Crippen LogP contribution in [0.1, 0.15) is 60.6 Å². The van der Waals surface area contributed by atoms with E-state index in [0.717, 1.165) is 31.2 Å². The van der Waals surface area contributed by atoms with Gasteiger partial charge in [0.15, 0.2) is 0 Å². The first-order chi connectivity index (χ1) is 19.3. The maximum Gasteiger partial charge on any atom is 0.328 e. The van der Waals surface area contributed by atoms with Gasteiger partial charge in [-0.3, -0.25) is 14.3 Å². The molecule has 1 atom stereocenters. The Kier molecular flexibility index (Phi) is 8.02. The summed E-state index contributed by atoms with van der Waals surface area (Å²) in [5.41, 5.74) is 2.30. The Morgan fingerprint density at radius 3 is 2.40 bits per heavy atom. The minimum Gasteiger partial charge on any atom is -0.467 e. The number of methoxy groups -OCH3 is 1. The zero-order chi connectivity index (χ0) is 28.4. The summed E-state index contributed by atoms with van der Waals surface area (Å²) in [4.78, 5) is 42.2. The summed E-state index contributed by atoms with van der Waals surface area (Å²) in [5, 5.41) is 20.0. The molecule has 11 nitrogen and oxygen atoms in total. The van der Waals surface area contributed by atoms with Crippen molar-refractivity contribution in [2.45, 2.75) is 58.2 Å². The van der Waals surface area contributed by atoms with Crippen LogP contribution in [-0.4, -0.2) is 63.5 Å². The average molecular weight is 550 g/mol. The second-order valence-corrected chi connectivity index (χ2v) is 10.9. The highest BCUT2D eigenvalue weighted by molar-refractivity contribution is 5.95. The molecular weight excluding hydrogens is 514 g/mol. The van der Waals surface area contributed by atoms with Crippen molar-refractivity contribution in [1.82, 2.24) is 25.4 Å². The van der Waals surface area contributed by atoms with Crippen LogP contribution in [0.25, 0.3) is 22.7 Å². The van der Waals surface area contributed by atoms with Crippen molar-refractivity contribution in [2.75, 3.05) is 13.7 Å². The lowest BCUT2D eigenvalue weighted by atomic mass is 10.0. The molecule has 5 rings (SSSR count). The number of ether oxygens (including phenoxy) is 1. The Bertz CT molecular complexity index is 1370. The Hall–Kier alpha value is -3.99. The third-order valence-corrected chi connectivity index (χ3v) is 7.43. The van der Waals surface area contributed by atoms with Crippen LogP contribution in [0.5, 0.6) is 0 Å². The minimum absolute atomic E-state index is 0.0398. The molecule has 0 saturated heterocycles. The number of carbonyl (C=O) groups excluding carboxylic acids is 3. The van der Waals surface area contributed by atoms with Gasteiger partial charge in [0.25, 0.3) is 11.8 Å². The van der Waals surface area contributed by atoms with Crippen molar-refractivity contribution in [3.8, 4) is 22.7 Å². The van der Waals surface area contributed by atoms with Gasteiger partial charge in [0.2, 0.25) is 11.7 Å². The molecule has 2 aliphatic carbocycles. The number of nitrogens with zero attached hydrogens (tertiary/aromatic N) is 3. The number of rotatable bonds is 12. The van der Waals surface area contributed by atoms with Crippen LogP contribution in [0.4, 0.5) is 0 Å². The van der Waals surface area contributed by atoms with Crippen LogP contribution in [-0.2, 0) is 16.1 Å².